The summed E-state index contributed by atoms with van der Waals surface area (Å²) in [6.07, 6.45) is 0.619. The van der Waals surface area contributed by atoms with Crippen molar-refractivity contribution in [1.82, 2.24) is 0 Å². The molecule has 23 heavy (non-hydrogen) atoms. The van der Waals surface area contributed by atoms with Gasteiger partial charge in [0.2, 0.25) is 5.91 Å². The van der Waals surface area contributed by atoms with Gasteiger partial charge in [0.05, 0.1) is 25.8 Å². The first kappa shape index (κ1) is 15.2. The van der Waals surface area contributed by atoms with Gasteiger partial charge in [-0.3, -0.25) is 4.79 Å². The van der Waals surface area contributed by atoms with Gasteiger partial charge < -0.3 is 19.5 Å². The van der Waals surface area contributed by atoms with Crippen molar-refractivity contribution >= 4 is 11.6 Å². The number of carbonyl (C=O) groups is 1. The maximum Gasteiger partial charge on any atom is 0.231 e. The second kappa shape index (κ2) is 6.60. The zero-order valence-electron chi connectivity index (χ0n) is 13.2. The number of anilines is 1. The molecule has 0 aliphatic carbocycles. The summed E-state index contributed by atoms with van der Waals surface area (Å²) in [7, 11) is 3.20. The van der Waals surface area contributed by atoms with E-state index in [1.54, 1.807) is 14.2 Å². The van der Waals surface area contributed by atoms with Crippen LogP contribution in [0.25, 0.3) is 0 Å². The molecule has 1 atom stereocenters. The van der Waals surface area contributed by atoms with Crippen LogP contribution in [0, 0.1) is 5.92 Å². The Bertz CT molecular complexity index is 714. The molecule has 0 fully saturated rings. The first-order chi connectivity index (χ1) is 11.2. The molecule has 0 saturated heterocycles. The normalized spacial score (nSPS) is 16.0. The average molecular weight is 313 g/mol. The van der Waals surface area contributed by atoms with E-state index < -0.39 is 0 Å². The van der Waals surface area contributed by atoms with Crippen molar-refractivity contribution in [3.8, 4) is 17.2 Å². The van der Waals surface area contributed by atoms with Gasteiger partial charge in [-0.25, -0.2) is 0 Å². The van der Waals surface area contributed by atoms with Gasteiger partial charge in [-0.05, 0) is 42.3 Å². The largest absolute Gasteiger partial charge is 0.497 e. The zero-order valence-corrected chi connectivity index (χ0v) is 13.2. The third-order valence-electron chi connectivity index (χ3n) is 3.91. The summed E-state index contributed by atoms with van der Waals surface area (Å²) in [5, 5.41) is 2.92. The predicted molar refractivity (Wildman–Crippen MR) is 87.3 cm³/mol. The third-order valence-corrected chi connectivity index (χ3v) is 3.91. The van der Waals surface area contributed by atoms with E-state index in [-0.39, 0.29) is 11.8 Å². The molecule has 1 amide bonds. The van der Waals surface area contributed by atoms with E-state index in [0.29, 0.717) is 24.5 Å². The van der Waals surface area contributed by atoms with Crippen molar-refractivity contribution in [3.63, 3.8) is 0 Å². The lowest BCUT2D eigenvalue weighted by molar-refractivity contribution is -0.121. The number of ether oxygens (including phenoxy) is 3. The van der Waals surface area contributed by atoms with Crippen molar-refractivity contribution in [2.75, 3.05) is 26.1 Å². The van der Waals surface area contributed by atoms with Crippen LogP contribution in [0.2, 0.25) is 0 Å². The predicted octanol–water partition coefficient (Wildman–Crippen LogP) is 2.89. The van der Waals surface area contributed by atoms with E-state index in [2.05, 4.69) is 5.32 Å². The van der Waals surface area contributed by atoms with Crippen LogP contribution in [0.4, 0.5) is 5.69 Å². The number of amides is 1. The average Bonchev–Trinajstić information content (AvgIpc) is 2.61. The molecule has 2 aromatic rings. The lowest BCUT2D eigenvalue weighted by Crippen LogP contribution is -2.32. The van der Waals surface area contributed by atoms with Gasteiger partial charge >= 0.3 is 0 Å². The van der Waals surface area contributed by atoms with Gasteiger partial charge in [-0.15, -0.1) is 0 Å². The van der Waals surface area contributed by atoms with Crippen LogP contribution in [-0.2, 0) is 11.2 Å². The smallest absolute Gasteiger partial charge is 0.231 e. The maximum atomic E-state index is 12.5. The summed E-state index contributed by atoms with van der Waals surface area (Å²) >= 11 is 0. The third kappa shape index (κ3) is 3.23. The highest BCUT2D eigenvalue weighted by atomic mass is 16.5. The SMILES string of the molecule is COc1ccc2c(c1)C[C@@H](C(=O)Nc1ccccc1OC)CO2. The number of para-hydroxylation sites is 2. The van der Waals surface area contributed by atoms with Gasteiger partial charge in [0.1, 0.15) is 23.9 Å². The van der Waals surface area contributed by atoms with Gasteiger partial charge in [0, 0.05) is 0 Å². The molecule has 1 aliphatic heterocycles. The molecule has 5 heteroatoms. The van der Waals surface area contributed by atoms with E-state index in [9.17, 15) is 4.79 Å². The highest BCUT2D eigenvalue weighted by molar-refractivity contribution is 5.94. The van der Waals surface area contributed by atoms with Crippen molar-refractivity contribution in [1.29, 1.82) is 0 Å². The second-order valence-corrected chi connectivity index (χ2v) is 5.38. The summed E-state index contributed by atoms with van der Waals surface area (Å²) < 4.78 is 16.2. The molecule has 1 N–H and O–H groups in total. The number of benzene rings is 2. The standard InChI is InChI=1S/C18H19NO4/c1-21-14-7-8-16-12(10-14)9-13(11-23-16)18(20)19-15-5-3-4-6-17(15)22-2/h3-8,10,13H,9,11H2,1-2H3,(H,19,20)/t13-/m1/s1. The summed E-state index contributed by atoms with van der Waals surface area (Å²) in [5.74, 6) is 1.88. The Balaban J connectivity index is 1.74. The van der Waals surface area contributed by atoms with E-state index in [4.69, 9.17) is 14.2 Å². The van der Waals surface area contributed by atoms with Gasteiger partial charge in [0.15, 0.2) is 0 Å². The van der Waals surface area contributed by atoms with Crippen LogP contribution in [0.1, 0.15) is 5.56 Å². The van der Waals surface area contributed by atoms with Crippen LogP contribution in [0.15, 0.2) is 42.5 Å². The second-order valence-electron chi connectivity index (χ2n) is 5.38. The molecule has 3 rings (SSSR count). The van der Waals surface area contributed by atoms with E-state index >= 15 is 0 Å². The Kier molecular flexibility index (Phi) is 4.37. The highest BCUT2D eigenvalue weighted by Crippen LogP contribution is 2.31. The fraction of sp³-hybridized carbons (Fsp3) is 0.278. The minimum atomic E-state index is -0.250. The van der Waals surface area contributed by atoms with Crippen LogP contribution in [0.3, 0.4) is 0 Å². The highest BCUT2D eigenvalue weighted by Gasteiger charge is 2.27. The lowest BCUT2D eigenvalue weighted by Gasteiger charge is -2.25. The molecule has 0 spiro atoms. The number of carbonyl (C=O) groups excluding carboxylic acids is 1. The maximum absolute atomic E-state index is 12.5. The molecule has 0 bridgehead atoms. The fourth-order valence-electron chi connectivity index (χ4n) is 2.65. The number of hydrogen-bond acceptors (Lipinski definition) is 4. The molecule has 1 aliphatic rings. The Morgan fingerprint density at radius 3 is 2.78 bits per heavy atom. The minimum absolute atomic E-state index is 0.0806. The molecule has 120 valence electrons. The molecule has 0 radical (unpaired) electrons. The van der Waals surface area contributed by atoms with Crippen molar-refractivity contribution in [2.45, 2.75) is 6.42 Å². The molecule has 1 heterocycles. The monoisotopic (exact) mass is 313 g/mol. The van der Waals surface area contributed by atoms with Gasteiger partial charge in [-0.1, -0.05) is 12.1 Å². The first-order valence-electron chi connectivity index (χ1n) is 7.45. The number of methoxy groups -OCH3 is 2. The quantitative estimate of drug-likeness (QED) is 0.943. The first-order valence-corrected chi connectivity index (χ1v) is 7.45. The van der Waals surface area contributed by atoms with Gasteiger partial charge in [0.25, 0.3) is 0 Å². The molecule has 2 aromatic carbocycles. The topological polar surface area (TPSA) is 56.8 Å². The van der Waals surface area contributed by atoms with Crippen molar-refractivity contribution in [2.24, 2.45) is 5.92 Å². The van der Waals surface area contributed by atoms with Crippen molar-refractivity contribution < 1.29 is 19.0 Å². The summed E-state index contributed by atoms with van der Waals surface area (Å²) in [4.78, 5) is 12.5. The minimum Gasteiger partial charge on any atom is -0.497 e. The fourth-order valence-corrected chi connectivity index (χ4v) is 2.65. The van der Waals surface area contributed by atoms with E-state index in [0.717, 1.165) is 17.1 Å². The van der Waals surface area contributed by atoms with E-state index in [1.165, 1.54) is 0 Å². The summed E-state index contributed by atoms with van der Waals surface area (Å²) in [5.41, 5.74) is 1.65. The van der Waals surface area contributed by atoms with Crippen molar-refractivity contribution in [3.05, 3.63) is 48.0 Å². The Morgan fingerprint density at radius 1 is 1.17 bits per heavy atom. The molecular formula is C18H19NO4. The Hall–Kier alpha value is -2.69. The summed E-state index contributed by atoms with van der Waals surface area (Å²) in [6, 6.07) is 13.0. The van der Waals surface area contributed by atoms with Gasteiger partial charge in [-0.2, -0.15) is 0 Å². The molecule has 5 nitrogen and oxygen atoms in total. The Morgan fingerprint density at radius 2 is 2.00 bits per heavy atom. The molecule has 0 saturated carbocycles. The van der Waals surface area contributed by atoms with E-state index in [1.807, 2.05) is 42.5 Å². The summed E-state index contributed by atoms with van der Waals surface area (Å²) in [6.45, 7) is 0.361. The van der Waals surface area contributed by atoms with Crippen LogP contribution < -0.4 is 19.5 Å². The number of hydrogen-bond donors (Lipinski definition) is 1. The molecule has 0 unspecified atom stereocenters. The lowest BCUT2D eigenvalue weighted by atomic mass is 9.95. The van der Waals surface area contributed by atoms with Crippen LogP contribution in [0.5, 0.6) is 17.2 Å². The Labute approximate surface area is 135 Å². The van der Waals surface area contributed by atoms with Crippen LogP contribution >= 0.6 is 0 Å². The van der Waals surface area contributed by atoms with Crippen LogP contribution in [-0.4, -0.2) is 26.7 Å². The molecular weight excluding hydrogens is 294 g/mol. The number of fused-ring (bicyclic) bond motifs is 1. The number of nitrogens with one attached hydrogen (secondary N) is 1. The molecule has 0 aromatic heterocycles. The zero-order chi connectivity index (χ0) is 16.2. The number of rotatable bonds is 4.